The first kappa shape index (κ1) is 21.1. The molecule has 1 unspecified atom stereocenters. The van der Waals surface area contributed by atoms with Gasteiger partial charge in [-0.25, -0.2) is 9.37 Å². The van der Waals surface area contributed by atoms with Crippen molar-refractivity contribution in [2.45, 2.75) is 25.0 Å². The quantitative estimate of drug-likeness (QED) is 0.340. The number of halogens is 2. The Morgan fingerprint density at radius 2 is 1.91 bits per heavy atom. The van der Waals surface area contributed by atoms with E-state index in [-0.39, 0.29) is 5.82 Å². The van der Waals surface area contributed by atoms with Gasteiger partial charge in [0.1, 0.15) is 16.9 Å². The smallest absolute Gasteiger partial charge is 0.181 e. The first-order valence-corrected chi connectivity index (χ1v) is 11.1. The van der Waals surface area contributed by atoms with Gasteiger partial charge in [0, 0.05) is 11.6 Å². The first-order valence-electron chi connectivity index (χ1n) is 10.7. The van der Waals surface area contributed by atoms with Crippen LogP contribution in [0.5, 0.6) is 0 Å². The summed E-state index contributed by atoms with van der Waals surface area (Å²) in [5.41, 5.74) is 5.99. The number of rotatable bonds is 6. The third-order valence-electron chi connectivity index (χ3n) is 6.19. The molecule has 164 valence electrons. The summed E-state index contributed by atoms with van der Waals surface area (Å²) in [5, 5.41) is 0.615. The van der Waals surface area contributed by atoms with Gasteiger partial charge in [0.2, 0.25) is 0 Å². The third-order valence-corrected chi connectivity index (χ3v) is 6.50. The van der Waals surface area contributed by atoms with Crippen LogP contribution >= 0.6 is 11.6 Å². The topological polar surface area (TPSA) is 38.5 Å². The van der Waals surface area contributed by atoms with Crippen molar-refractivity contribution in [3.05, 3.63) is 88.5 Å². The molecule has 4 aromatic rings. The van der Waals surface area contributed by atoms with Gasteiger partial charge >= 0.3 is 0 Å². The molecule has 0 amide bonds. The van der Waals surface area contributed by atoms with Crippen LogP contribution < -0.4 is 0 Å². The van der Waals surface area contributed by atoms with Gasteiger partial charge in [-0.05, 0) is 80.0 Å². The van der Waals surface area contributed by atoms with E-state index in [4.69, 9.17) is 20.8 Å². The van der Waals surface area contributed by atoms with E-state index in [1.807, 2.05) is 18.2 Å². The Morgan fingerprint density at radius 3 is 2.69 bits per heavy atom. The van der Waals surface area contributed by atoms with Crippen molar-refractivity contribution in [3.8, 4) is 11.1 Å². The number of hydrogen-bond acceptors (Lipinski definition) is 4. The SMILES string of the molecule is CN(C)CCCC1(c2ccc(F)cc2)OCc2cc(-c3cc4ncoc4cc3Cl)ccc21. The lowest BCUT2D eigenvalue weighted by atomic mass is 9.81. The summed E-state index contributed by atoms with van der Waals surface area (Å²) in [6.07, 6.45) is 3.20. The molecule has 5 rings (SSSR count). The molecule has 6 heteroatoms. The fraction of sp³-hybridized carbons (Fsp3) is 0.269. The largest absolute Gasteiger partial charge is 0.443 e. The minimum Gasteiger partial charge on any atom is -0.443 e. The minimum absolute atomic E-state index is 0.247. The Morgan fingerprint density at radius 1 is 1.09 bits per heavy atom. The van der Waals surface area contributed by atoms with Gasteiger partial charge in [0.05, 0.1) is 11.6 Å². The van der Waals surface area contributed by atoms with Gasteiger partial charge in [-0.3, -0.25) is 0 Å². The van der Waals surface area contributed by atoms with E-state index < -0.39 is 5.60 Å². The van der Waals surface area contributed by atoms with E-state index in [9.17, 15) is 4.39 Å². The fourth-order valence-electron chi connectivity index (χ4n) is 4.61. The van der Waals surface area contributed by atoms with E-state index in [1.54, 1.807) is 6.07 Å². The molecule has 1 aliphatic heterocycles. The number of aromatic nitrogens is 1. The van der Waals surface area contributed by atoms with Crippen molar-refractivity contribution in [1.82, 2.24) is 9.88 Å². The second-order valence-electron chi connectivity index (χ2n) is 8.55. The van der Waals surface area contributed by atoms with Crippen LogP contribution in [-0.4, -0.2) is 30.5 Å². The van der Waals surface area contributed by atoms with Gasteiger partial charge < -0.3 is 14.1 Å². The van der Waals surface area contributed by atoms with Crippen molar-refractivity contribution in [2.24, 2.45) is 0 Å². The highest BCUT2D eigenvalue weighted by molar-refractivity contribution is 6.34. The molecule has 4 nitrogen and oxygen atoms in total. The molecule has 0 spiro atoms. The normalized spacial score (nSPS) is 17.9. The lowest BCUT2D eigenvalue weighted by Gasteiger charge is -2.31. The maximum atomic E-state index is 13.6. The summed E-state index contributed by atoms with van der Waals surface area (Å²) in [6.45, 7) is 1.44. The van der Waals surface area contributed by atoms with Crippen LogP contribution in [0.15, 0.2) is 65.4 Å². The first-order chi connectivity index (χ1) is 15.5. The van der Waals surface area contributed by atoms with Crippen LogP contribution in [0, 0.1) is 5.82 Å². The van der Waals surface area contributed by atoms with Crippen LogP contribution in [0.25, 0.3) is 22.2 Å². The summed E-state index contributed by atoms with van der Waals surface area (Å²) in [7, 11) is 4.13. The lowest BCUT2D eigenvalue weighted by molar-refractivity contribution is -0.0140. The third kappa shape index (κ3) is 3.71. The summed E-state index contributed by atoms with van der Waals surface area (Å²) in [6, 6.07) is 16.8. The molecule has 1 aliphatic rings. The minimum atomic E-state index is -0.586. The monoisotopic (exact) mass is 450 g/mol. The average Bonchev–Trinajstić information content (AvgIpc) is 3.38. The number of benzene rings is 3. The Kier molecular flexibility index (Phi) is 5.49. The van der Waals surface area contributed by atoms with Crippen LogP contribution in [0.1, 0.15) is 29.5 Å². The fourth-order valence-corrected chi connectivity index (χ4v) is 4.87. The van der Waals surface area contributed by atoms with Gasteiger partial charge in [0.15, 0.2) is 12.0 Å². The Hall–Kier alpha value is -2.73. The molecule has 0 N–H and O–H groups in total. The molecule has 1 aromatic heterocycles. The number of nitrogens with zero attached hydrogens (tertiary/aromatic N) is 2. The maximum Gasteiger partial charge on any atom is 0.181 e. The predicted octanol–water partition coefficient (Wildman–Crippen LogP) is 6.40. The molecule has 0 radical (unpaired) electrons. The van der Waals surface area contributed by atoms with Crippen molar-refractivity contribution >= 4 is 22.7 Å². The highest BCUT2D eigenvalue weighted by Crippen LogP contribution is 2.47. The molecule has 0 saturated carbocycles. The zero-order valence-electron chi connectivity index (χ0n) is 18.1. The molecule has 0 aliphatic carbocycles. The van der Waals surface area contributed by atoms with Gasteiger partial charge in [-0.2, -0.15) is 0 Å². The summed E-state index contributed by atoms with van der Waals surface area (Å²) in [5.74, 6) is -0.247. The van der Waals surface area contributed by atoms with Gasteiger partial charge in [-0.15, -0.1) is 0 Å². The molecule has 0 saturated heterocycles. The van der Waals surface area contributed by atoms with E-state index in [2.05, 4.69) is 42.2 Å². The van der Waals surface area contributed by atoms with Crippen LogP contribution in [-0.2, 0) is 16.9 Å². The van der Waals surface area contributed by atoms with E-state index >= 15 is 0 Å². The summed E-state index contributed by atoms with van der Waals surface area (Å²) in [4.78, 5) is 6.42. The Bertz CT molecular complexity index is 1270. The number of fused-ring (bicyclic) bond motifs is 2. The van der Waals surface area contributed by atoms with Gasteiger partial charge in [-0.1, -0.05) is 35.9 Å². The second-order valence-corrected chi connectivity index (χ2v) is 8.96. The van der Waals surface area contributed by atoms with Crippen molar-refractivity contribution < 1.29 is 13.5 Å². The molecular weight excluding hydrogens is 427 g/mol. The van der Waals surface area contributed by atoms with Crippen molar-refractivity contribution in [1.29, 1.82) is 0 Å². The van der Waals surface area contributed by atoms with E-state index in [0.717, 1.165) is 52.7 Å². The highest BCUT2D eigenvalue weighted by atomic mass is 35.5. The number of ether oxygens (including phenoxy) is 1. The average molecular weight is 451 g/mol. The number of oxazole rings is 1. The maximum absolute atomic E-state index is 13.6. The molecule has 0 bridgehead atoms. The number of hydrogen-bond donors (Lipinski definition) is 0. The van der Waals surface area contributed by atoms with Crippen LogP contribution in [0.4, 0.5) is 4.39 Å². The standard InChI is InChI=1S/C26H24ClFN2O2/c1-30(2)11-3-10-26(19-5-7-20(28)8-6-19)22-9-4-17(12-18(22)15-32-26)21-13-24-25(14-23(21)27)31-16-29-24/h4-9,12-14,16H,3,10-11,15H2,1-2H3. The predicted molar refractivity (Wildman–Crippen MR) is 124 cm³/mol. The van der Waals surface area contributed by atoms with Crippen LogP contribution in [0.3, 0.4) is 0 Å². The Balaban J connectivity index is 1.56. The van der Waals surface area contributed by atoms with E-state index in [1.165, 1.54) is 18.5 Å². The van der Waals surface area contributed by atoms with E-state index in [0.29, 0.717) is 17.2 Å². The summed E-state index contributed by atoms with van der Waals surface area (Å²) < 4.78 is 25.5. The van der Waals surface area contributed by atoms with Gasteiger partial charge in [0.25, 0.3) is 0 Å². The molecule has 3 aromatic carbocycles. The lowest BCUT2D eigenvalue weighted by Crippen LogP contribution is -2.28. The molecular formula is C26H24ClFN2O2. The highest BCUT2D eigenvalue weighted by Gasteiger charge is 2.41. The zero-order chi connectivity index (χ0) is 22.3. The second kappa shape index (κ2) is 8.32. The zero-order valence-corrected chi connectivity index (χ0v) is 18.8. The molecule has 2 heterocycles. The van der Waals surface area contributed by atoms with Crippen molar-refractivity contribution in [2.75, 3.05) is 20.6 Å². The Labute approximate surface area is 191 Å². The summed E-state index contributed by atoms with van der Waals surface area (Å²) >= 11 is 6.55. The van der Waals surface area contributed by atoms with Crippen molar-refractivity contribution in [3.63, 3.8) is 0 Å². The molecule has 32 heavy (non-hydrogen) atoms. The molecule has 1 atom stereocenters. The molecule has 0 fully saturated rings. The van der Waals surface area contributed by atoms with Crippen LogP contribution in [0.2, 0.25) is 5.02 Å².